The lowest BCUT2D eigenvalue weighted by molar-refractivity contribution is 0.221. The molecule has 1 atom stereocenters. The first-order valence-corrected chi connectivity index (χ1v) is 11.5. The second kappa shape index (κ2) is 7.77. The lowest BCUT2D eigenvalue weighted by Gasteiger charge is -2.27. The molecule has 1 aromatic carbocycles. The highest BCUT2D eigenvalue weighted by atomic mass is 32.2. The first-order valence-electron chi connectivity index (χ1n) is 8.06. The number of nitrogens with zero attached hydrogens (tertiary/aromatic N) is 1. The molecule has 0 aromatic heterocycles. The molecule has 7 heteroatoms. The average molecular weight is 360 g/mol. The molecule has 0 radical (unpaired) electrons. The van der Waals surface area contributed by atoms with Gasteiger partial charge in [-0.3, -0.25) is 4.90 Å². The maximum absolute atomic E-state index is 12.4. The summed E-state index contributed by atoms with van der Waals surface area (Å²) in [5, 5.41) is 0. The summed E-state index contributed by atoms with van der Waals surface area (Å²) in [5.74, 6) is 0.394. The van der Waals surface area contributed by atoms with Gasteiger partial charge in [-0.15, -0.1) is 0 Å². The van der Waals surface area contributed by atoms with Gasteiger partial charge < -0.3 is 0 Å². The smallest absolute Gasteiger partial charge is 0.179 e. The number of unbranched alkanes of at least 4 members (excludes halogenated alkanes) is 1. The molecule has 1 saturated heterocycles. The van der Waals surface area contributed by atoms with Gasteiger partial charge in [0.05, 0.1) is 22.2 Å². The maximum atomic E-state index is 12.4. The van der Waals surface area contributed by atoms with E-state index in [9.17, 15) is 16.8 Å². The van der Waals surface area contributed by atoms with Crippen molar-refractivity contribution in [3.63, 3.8) is 0 Å². The van der Waals surface area contributed by atoms with Gasteiger partial charge in [0.15, 0.2) is 19.7 Å². The molecular weight excluding hydrogens is 334 g/mol. The topological polar surface area (TPSA) is 71.5 Å². The molecule has 5 nitrogen and oxygen atoms in total. The van der Waals surface area contributed by atoms with Gasteiger partial charge in [-0.05, 0) is 31.5 Å². The molecule has 0 saturated carbocycles. The third-order valence-corrected chi connectivity index (χ3v) is 7.73. The Labute approximate surface area is 139 Å². The fraction of sp³-hybridized carbons (Fsp3) is 0.625. The van der Waals surface area contributed by atoms with E-state index < -0.39 is 19.7 Å². The zero-order valence-electron chi connectivity index (χ0n) is 13.5. The molecule has 1 aliphatic heterocycles. The van der Waals surface area contributed by atoms with E-state index in [2.05, 4.69) is 11.8 Å². The lowest BCUT2D eigenvalue weighted by Crippen LogP contribution is -2.40. The monoisotopic (exact) mass is 359 g/mol. The van der Waals surface area contributed by atoms with Crippen LogP contribution in [0, 0.1) is 0 Å². The van der Waals surface area contributed by atoms with Gasteiger partial charge >= 0.3 is 0 Å². The summed E-state index contributed by atoms with van der Waals surface area (Å²) >= 11 is 0. The molecule has 1 unspecified atom stereocenters. The van der Waals surface area contributed by atoms with Gasteiger partial charge in [0.25, 0.3) is 0 Å². The third-order valence-electron chi connectivity index (χ3n) is 4.27. The Morgan fingerprint density at radius 1 is 1.17 bits per heavy atom. The van der Waals surface area contributed by atoms with Crippen molar-refractivity contribution in [1.29, 1.82) is 0 Å². The first-order chi connectivity index (χ1) is 10.8. The van der Waals surface area contributed by atoms with Crippen LogP contribution in [0.3, 0.4) is 0 Å². The third kappa shape index (κ3) is 5.29. The van der Waals surface area contributed by atoms with Crippen LogP contribution in [0.2, 0.25) is 0 Å². The van der Waals surface area contributed by atoms with E-state index in [0.717, 1.165) is 19.4 Å². The van der Waals surface area contributed by atoms with E-state index in [4.69, 9.17) is 0 Å². The van der Waals surface area contributed by atoms with Crippen LogP contribution in [0.25, 0.3) is 0 Å². The Bertz CT molecular complexity index is 699. The van der Waals surface area contributed by atoms with Crippen molar-refractivity contribution in [3.05, 3.63) is 30.3 Å². The first kappa shape index (κ1) is 18.4. The Balaban J connectivity index is 2.04. The van der Waals surface area contributed by atoms with Gasteiger partial charge in [0.2, 0.25) is 0 Å². The SMILES string of the molecule is CCCCN(CCS(=O)(=O)c1ccccc1)C1CCS(=O)(=O)C1. The van der Waals surface area contributed by atoms with Crippen molar-refractivity contribution in [2.24, 2.45) is 0 Å². The summed E-state index contributed by atoms with van der Waals surface area (Å²) in [7, 11) is -6.29. The Morgan fingerprint density at radius 3 is 2.43 bits per heavy atom. The van der Waals surface area contributed by atoms with Gasteiger partial charge in [-0.25, -0.2) is 16.8 Å². The van der Waals surface area contributed by atoms with E-state index in [-0.39, 0.29) is 23.3 Å². The molecule has 23 heavy (non-hydrogen) atoms. The molecule has 130 valence electrons. The number of hydrogen-bond donors (Lipinski definition) is 0. The summed E-state index contributed by atoms with van der Waals surface area (Å²) in [6.45, 7) is 3.21. The standard InChI is InChI=1S/C16H25NO4S2/c1-2-3-10-17(15-9-12-22(18,19)14-15)11-13-23(20,21)16-7-5-4-6-8-16/h4-8,15H,2-3,9-14H2,1H3. The van der Waals surface area contributed by atoms with Crippen LogP contribution in [0.5, 0.6) is 0 Å². The van der Waals surface area contributed by atoms with Gasteiger partial charge in [-0.1, -0.05) is 31.5 Å². The van der Waals surface area contributed by atoms with Crippen molar-refractivity contribution >= 4 is 19.7 Å². The van der Waals surface area contributed by atoms with Crippen molar-refractivity contribution in [2.45, 2.75) is 37.1 Å². The molecule has 0 bridgehead atoms. The molecule has 0 N–H and O–H groups in total. The normalized spacial score (nSPS) is 20.9. The Kier molecular flexibility index (Phi) is 6.22. The van der Waals surface area contributed by atoms with Crippen LogP contribution in [0.1, 0.15) is 26.2 Å². The van der Waals surface area contributed by atoms with Crippen LogP contribution < -0.4 is 0 Å². The molecular formula is C16H25NO4S2. The second-order valence-corrected chi connectivity index (χ2v) is 10.4. The average Bonchev–Trinajstić information content (AvgIpc) is 2.88. The maximum Gasteiger partial charge on any atom is 0.179 e. The van der Waals surface area contributed by atoms with E-state index in [1.165, 1.54) is 0 Å². The number of rotatable bonds is 8. The Hall–Kier alpha value is -0.920. The molecule has 1 aliphatic rings. The largest absolute Gasteiger partial charge is 0.298 e. The minimum absolute atomic E-state index is 0.0251. The van der Waals surface area contributed by atoms with Crippen LogP contribution in [-0.4, -0.2) is 58.1 Å². The van der Waals surface area contributed by atoms with Crippen LogP contribution in [0.15, 0.2) is 35.2 Å². The zero-order valence-corrected chi connectivity index (χ0v) is 15.2. The molecule has 0 spiro atoms. The van der Waals surface area contributed by atoms with Crippen LogP contribution in [0.4, 0.5) is 0 Å². The second-order valence-electron chi connectivity index (χ2n) is 6.08. The Morgan fingerprint density at radius 2 is 1.87 bits per heavy atom. The summed E-state index contributed by atoms with van der Waals surface area (Å²) in [5.41, 5.74) is 0. The number of sulfone groups is 2. The highest BCUT2D eigenvalue weighted by Crippen LogP contribution is 2.19. The van der Waals surface area contributed by atoms with Gasteiger partial charge in [0.1, 0.15) is 0 Å². The molecule has 2 rings (SSSR count). The van der Waals surface area contributed by atoms with E-state index >= 15 is 0 Å². The molecule has 1 heterocycles. The number of benzene rings is 1. The highest BCUT2D eigenvalue weighted by Gasteiger charge is 2.32. The molecule has 1 aromatic rings. The van der Waals surface area contributed by atoms with E-state index in [0.29, 0.717) is 17.9 Å². The predicted octanol–water partition coefficient (Wildman–Crippen LogP) is 1.75. The lowest BCUT2D eigenvalue weighted by atomic mass is 10.2. The summed E-state index contributed by atoms with van der Waals surface area (Å²) in [4.78, 5) is 2.38. The quantitative estimate of drug-likeness (QED) is 0.707. The zero-order chi connectivity index (χ0) is 16.9. The summed E-state index contributed by atoms with van der Waals surface area (Å²) in [6, 6.07) is 8.38. The van der Waals surface area contributed by atoms with Crippen molar-refractivity contribution in [3.8, 4) is 0 Å². The van der Waals surface area contributed by atoms with Crippen molar-refractivity contribution in [2.75, 3.05) is 30.3 Å². The minimum atomic E-state index is -3.33. The van der Waals surface area contributed by atoms with Gasteiger partial charge in [-0.2, -0.15) is 0 Å². The minimum Gasteiger partial charge on any atom is -0.298 e. The van der Waals surface area contributed by atoms with Crippen molar-refractivity contribution in [1.82, 2.24) is 4.90 Å². The fourth-order valence-electron chi connectivity index (χ4n) is 2.88. The summed E-state index contributed by atoms with van der Waals surface area (Å²) in [6.07, 6.45) is 2.56. The molecule has 1 fully saturated rings. The number of hydrogen-bond acceptors (Lipinski definition) is 5. The molecule has 0 amide bonds. The van der Waals surface area contributed by atoms with Gasteiger partial charge in [0, 0.05) is 12.6 Å². The fourth-order valence-corrected chi connectivity index (χ4v) is 5.93. The van der Waals surface area contributed by atoms with E-state index in [1.807, 2.05) is 0 Å². The van der Waals surface area contributed by atoms with Crippen molar-refractivity contribution < 1.29 is 16.8 Å². The summed E-state index contributed by atoms with van der Waals surface area (Å²) < 4.78 is 48.2. The predicted molar refractivity (Wildman–Crippen MR) is 92.0 cm³/mol. The molecule has 0 aliphatic carbocycles. The van der Waals surface area contributed by atoms with E-state index in [1.54, 1.807) is 30.3 Å². The van der Waals surface area contributed by atoms with Crippen LogP contribution >= 0.6 is 0 Å². The highest BCUT2D eigenvalue weighted by molar-refractivity contribution is 7.91. The van der Waals surface area contributed by atoms with Crippen LogP contribution in [-0.2, 0) is 19.7 Å².